The average molecular weight is 454 g/mol. The zero-order valence-electron chi connectivity index (χ0n) is 22.0. The third kappa shape index (κ3) is 6.08. The minimum absolute atomic E-state index is 0.411. The molecule has 0 N–H and O–H groups in total. The van der Waals surface area contributed by atoms with Crippen LogP contribution in [0.2, 0.25) is 0 Å². The molecule has 2 aromatic carbocycles. The summed E-state index contributed by atoms with van der Waals surface area (Å²) in [5, 5.41) is 0. The quantitative estimate of drug-likeness (QED) is 0.313. The number of para-hydroxylation sites is 2. The lowest BCUT2D eigenvalue weighted by Gasteiger charge is -2.16. The maximum absolute atomic E-state index is 4.92. The Morgan fingerprint density at radius 2 is 0.794 bits per heavy atom. The van der Waals surface area contributed by atoms with Crippen molar-refractivity contribution >= 4 is 23.8 Å². The predicted molar refractivity (Wildman–Crippen MR) is 148 cm³/mol. The minimum atomic E-state index is 0.411. The Hall–Kier alpha value is -3.07. The summed E-state index contributed by atoms with van der Waals surface area (Å²) in [4.78, 5) is 14.6. The maximum Gasteiger partial charge on any atom is 0.0820 e. The number of aliphatic imine (C=N–C) groups is 2. The van der Waals surface area contributed by atoms with E-state index in [0.29, 0.717) is 23.7 Å². The Kier molecular flexibility index (Phi) is 8.55. The van der Waals surface area contributed by atoms with Gasteiger partial charge in [0.05, 0.1) is 35.2 Å². The minimum Gasteiger partial charge on any atom is -0.254 e. The first-order valence-electron chi connectivity index (χ1n) is 12.5. The largest absolute Gasteiger partial charge is 0.254 e. The van der Waals surface area contributed by atoms with Gasteiger partial charge in [0.15, 0.2) is 0 Å². The first-order chi connectivity index (χ1) is 16.2. The molecule has 3 aromatic rings. The Labute approximate surface area is 206 Å². The Morgan fingerprint density at radius 3 is 1.09 bits per heavy atom. The first kappa shape index (κ1) is 25.6. The van der Waals surface area contributed by atoms with Crippen LogP contribution < -0.4 is 0 Å². The zero-order valence-corrected chi connectivity index (χ0v) is 22.0. The van der Waals surface area contributed by atoms with E-state index in [-0.39, 0.29) is 0 Å². The first-order valence-corrected chi connectivity index (χ1v) is 12.5. The van der Waals surface area contributed by atoms with Crippen molar-refractivity contribution < 1.29 is 0 Å². The second kappa shape index (κ2) is 11.4. The van der Waals surface area contributed by atoms with Gasteiger partial charge in [0, 0.05) is 0 Å². The standard InChI is InChI=1S/C31H39N3/c1-20(2)26-14-10-15-27(21(3)4)30(26)32-18-24-12-9-13-25(34-24)19-33-31-28(22(5)6)16-11-17-29(31)23(7)8/h9-23H,1-8H3. The normalized spacial score (nSPS) is 12.4. The molecule has 0 aliphatic carbocycles. The molecule has 3 nitrogen and oxygen atoms in total. The monoisotopic (exact) mass is 453 g/mol. The van der Waals surface area contributed by atoms with Crippen molar-refractivity contribution in [2.24, 2.45) is 9.98 Å². The Balaban J connectivity index is 1.96. The van der Waals surface area contributed by atoms with Gasteiger partial charge < -0.3 is 0 Å². The summed E-state index contributed by atoms with van der Waals surface area (Å²) in [5.74, 6) is 1.64. The van der Waals surface area contributed by atoms with Gasteiger partial charge in [-0.15, -0.1) is 0 Å². The van der Waals surface area contributed by atoms with Gasteiger partial charge in [-0.3, -0.25) is 9.98 Å². The highest BCUT2D eigenvalue weighted by Gasteiger charge is 2.14. The lowest BCUT2D eigenvalue weighted by atomic mass is 9.93. The molecule has 1 aromatic heterocycles. The van der Waals surface area contributed by atoms with E-state index in [0.717, 1.165) is 22.8 Å². The van der Waals surface area contributed by atoms with E-state index in [4.69, 9.17) is 15.0 Å². The summed E-state index contributed by atoms with van der Waals surface area (Å²) < 4.78 is 0. The van der Waals surface area contributed by atoms with Crippen LogP contribution in [-0.4, -0.2) is 17.4 Å². The summed E-state index contributed by atoms with van der Waals surface area (Å²) in [6.07, 6.45) is 3.76. The van der Waals surface area contributed by atoms with Gasteiger partial charge in [0.2, 0.25) is 0 Å². The number of hydrogen-bond acceptors (Lipinski definition) is 3. The summed E-state index contributed by atoms with van der Waals surface area (Å²) in [7, 11) is 0. The molecule has 0 aliphatic heterocycles. The van der Waals surface area contributed by atoms with Gasteiger partial charge in [0.25, 0.3) is 0 Å². The summed E-state index contributed by atoms with van der Waals surface area (Å²) in [5.41, 5.74) is 8.88. The number of pyridine rings is 1. The molecule has 178 valence electrons. The van der Waals surface area contributed by atoms with Crippen molar-refractivity contribution in [2.75, 3.05) is 0 Å². The van der Waals surface area contributed by atoms with E-state index in [1.807, 2.05) is 30.6 Å². The molecule has 0 fully saturated rings. The van der Waals surface area contributed by atoms with Gasteiger partial charge in [-0.25, -0.2) is 4.98 Å². The topological polar surface area (TPSA) is 37.6 Å². The van der Waals surface area contributed by atoms with Gasteiger partial charge in [-0.1, -0.05) is 97.9 Å². The summed E-state index contributed by atoms with van der Waals surface area (Å²) >= 11 is 0. The molecular weight excluding hydrogens is 414 g/mol. The molecule has 0 aliphatic rings. The lowest BCUT2D eigenvalue weighted by Crippen LogP contribution is -1.98. The van der Waals surface area contributed by atoms with E-state index in [9.17, 15) is 0 Å². The highest BCUT2D eigenvalue weighted by atomic mass is 14.8. The fraction of sp³-hybridized carbons (Fsp3) is 0.387. The van der Waals surface area contributed by atoms with Crippen LogP contribution in [-0.2, 0) is 0 Å². The Bertz CT molecular complexity index is 1030. The van der Waals surface area contributed by atoms with Crippen molar-refractivity contribution in [3.8, 4) is 0 Å². The fourth-order valence-corrected chi connectivity index (χ4v) is 4.20. The molecule has 0 saturated carbocycles. The molecule has 0 bridgehead atoms. The van der Waals surface area contributed by atoms with Crippen molar-refractivity contribution in [1.82, 2.24) is 4.98 Å². The fourth-order valence-electron chi connectivity index (χ4n) is 4.20. The molecule has 0 amide bonds. The maximum atomic E-state index is 4.92. The van der Waals surface area contributed by atoms with Crippen molar-refractivity contribution in [3.05, 3.63) is 88.2 Å². The van der Waals surface area contributed by atoms with E-state index < -0.39 is 0 Å². The highest BCUT2D eigenvalue weighted by Crippen LogP contribution is 2.35. The van der Waals surface area contributed by atoms with Gasteiger partial charge in [-0.05, 0) is 58.1 Å². The molecule has 3 rings (SSSR count). The molecular formula is C31H39N3. The van der Waals surface area contributed by atoms with E-state index in [1.165, 1.54) is 22.3 Å². The number of hydrogen-bond donors (Lipinski definition) is 0. The third-order valence-electron chi connectivity index (χ3n) is 6.13. The van der Waals surface area contributed by atoms with Crippen molar-refractivity contribution in [3.63, 3.8) is 0 Å². The van der Waals surface area contributed by atoms with Crippen LogP contribution in [0.15, 0.2) is 64.6 Å². The van der Waals surface area contributed by atoms with Crippen LogP contribution in [0.1, 0.15) is 113 Å². The van der Waals surface area contributed by atoms with E-state index in [2.05, 4.69) is 91.8 Å². The molecule has 3 heteroatoms. The van der Waals surface area contributed by atoms with E-state index >= 15 is 0 Å². The molecule has 0 radical (unpaired) electrons. The second-order valence-corrected chi connectivity index (χ2v) is 10.2. The SMILES string of the molecule is CC(C)c1cccc(C(C)C)c1N=Cc1cccc(C=Nc2c(C(C)C)cccc2C(C)C)n1. The molecule has 0 saturated heterocycles. The number of benzene rings is 2. The van der Waals surface area contributed by atoms with Crippen LogP contribution in [0.4, 0.5) is 11.4 Å². The number of nitrogens with zero attached hydrogens (tertiary/aromatic N) is 3. The third-order valence-corrected chi connectivity index (χ3v) is 6.13. The highest BCUT2D eigenvalue weighted by molar-refractivity contribution is 5.85. The molecule has 0 unspecified atom stereocenters. The molecule has 1 heterocycles. The molecule has 0 spiro atoms. The molecule has 0 atom stereocenters. The van der Waals surface area contributed by atoms with Crippen molar-refractivity contribution in [2.45, 2.75) is 79.1 Å². The van der Waals surface area contributed by atoms with Crippen molar-refractivity contribution in [1.29, 1.82) is 0 Å². The van der Waals surface area contributed by atoms with Crippen LogP contribution in [0.5, 0.6) is 0 Å². The second-order valence-electron chi connectivity index (χ2n) is 10.2. The molecule has 34 heavy (non-hydrogen) atoms. The van der Waals surface area contributed by atoms with Crippen LogP contribution >= 0.6 is 0 Å². The average Bonchev–Trinajstić information content (AvgIpc) is 2.80. The zero-order chi connectivity index (χ0) is 24.8. The smallest absolute Gasteiger partial charge is 0.0820 e. The van der Waals surface area contributed by atoms with Gasteiger partial charge in [0.1, 0.15) is 0 Å². The van der Waals surface area contributed by atoms with E-state index in [1.54, 1.807) is 0 Å². The Morgan fingerprint density at radius 1 is 0.500 bits per heavy atom. The van der Waals surface area contributed by atoms with Crippen LogP contribution in [0.25, 0.3) is 0 Å². The predicted octanol–water partition coefficient (Wildman–Crippen LogP) is 9.08. The number of rotatable bonds is 8. The summed E-state index contributed by atoms with van der Waals surface area (Å²) in [6, 6.07) is 19.0. The summed E-state index contributed by atoms with van der Waals surface area (Å²) in [6.45, 7) is 17.7. The van der Waals surface area contributed by atoms with Gasteiger partial charge >= 0.3 is 0 Å². The van der Waals surface area contributed by atoms with Crippen LogP contribution in [0.3, 0.4) is 0 Å². The number of aromatic nitrogens is 1. The lowest BCUT2D eigenvalue weighted by molar-refractivity contribution is 0.835. The van der Waals surface area contributed by atoms with Crippen LogP contribution in [0, 0.1) is 0 Å². The van der Waals surface area contributed by atoms with Gasteiger partial charge in [-0.2, -0.15) is 0 Å².